The minimum absolute atomic E-state index is 0.0410. The molecule has 0 aliphatic carbocycles. The molecular formula is C8H13NO3S2. The summed E-state index contributed by atoms with van der Waals surface area (Å²) in [6, 6.07) is 3.31. The van der Waals surface area contributed by atoms with E-state index >= 15 is 0 Å². The molecule has 14 heavy (non-hydrogen) atoms. The quantitative estimate of drug-likeness (QED) is 0.808. The van der Waals surface area contributed by atoms with Crippen LogP contribution in [0.2, 0.25) is 0 Å². The van der Waals surface area contributed by atoms with Crippen LogP contribution in [-0.2, 0) is 10.0 Å². The highest BCUT2D eigenvalue weighted by Crippen LogP contribution is 2.19. The fraction of sp³-hybridized carbons (Fsp3) is 0.500. The molecule has 0 aromatic carbocycles. The molecule has 4 nitrogen and oxygen atoms in total. The monoisotopic (exact) mass is 235 g/mol. The first kappa shape index (κ1) is 11.6. The fourth-order valence-electron chi connectivity index (χ4n) is 0.858. The number of hydrogen-bond donors (Lipinski definition) is 2. The van der Waals surface area contributed by atoms with Crippen molar-refractivity contribution in [2.45, 2.75) is 24.2 Å². The molecule has 0 aliphatic rings. The van der Waals surface area contributed by atoms with Crippen LogP contribution < -0.4 is 4.72 Å². The Balaban J connectivity index is 2.76. The van der Waals surface area contributed by atoms with Gasteiger partial charge in [0.15, 0.2) is 0 Å². The summed E-state index contributed by atoms with van der Waals surface area (Å²) in [5.74, 6) is 0. The molecule has 0 aliphatic heterocycles. The predicted molar refractivity (Wildman–Crippen MR) is 55.9 cm³/mol. The third-order valence-corrected chi connectivity index (χ3v) is 4.47. The van der Waals surface area contributed by atoms with Crippen LogP contribution in [0.5, 0.6) is 0 Å². The molecule has 1 aromatic rings. The molecule has 2 N–H and O–H groups in total. The van der Waals surface area contributed by atoms with Gasteiger partial charge in [0.1, 0.15) is 4.21 Å². The van der Waals surface area contributed by atoms with Crippen molar-refractivity contribution in [1.82, 2.24) is 4.72 Å². The van der Waals surface area contributed by atoms with Gasteiger partial charge >= 0.3 is 0 Å². The number of thiophene rings is 1. The van der Waals surface area contributed by atoms with E-state index in [1.165, 1.54) is 18.3 Å². The number of hydrogen-bond acceptors (Lipinski definition) is 4. The summed E-state index contributed by atoms with van der Waals surface area (Å²) >= 11 is 1.21. The summed E-state index contributed by atoms with van der Waals surface area (Å²) in [6.45, 7) is 3.42. The lowest BCUT2D eigenvalue weighted by Gasteiger charge is -2.05. The first-order valence-electron chi connectivity index (χ1n) is 4.16. The van der Waals surface area contributed by atoms with E-state index in [1.807, 2.05) is 6.92 Å². The van der Waals surface area contributed by atoms with Gasteiger partial charge in [-0.1, -0.05) is 0 Å². The van der Waals surface area contributed by atoms with Crippen molar-refractivity contribution in [3.63, 3.8) is 0 Å². The third kappa shape index (κ3) is 3.06. The summed E-state index contributed by atoms with van der Waals surface area (Å²) in [6.07, 6.45) is -0.675. The number of sulfonamides is 1. The molecule has 1 atom stereocenters. The summed E-state index contributed by atoms with van der Waals surface area (Å²) < 4.78 is 25.7. The van der Waals surface area contributed by atoms with Crippen LogP contribution >= 0.6 is 11.3 Å². The summed E-state index contributed by atoms with van der Waals surface area (Å²) in [5, 5.41) is 8.94. The molecule has 0 bridgehead atoms. The van der Waals surface area contributed by atoms with E-state index < -0.39 is 16.1 Å². The van der Waals surface area contributed by atoms with Crippen molar-refractivity contribution in [1.29, 1.82) is 0 Å². The second kappa shape index (κ2) is 4.39. The first-order chi connectivity index (χ1) is 6.42. The maximum Gasteiger partial charge on any atom is 0.250 e. The molecule has 0 saturated carbocycles. The van der Waals surface area contributed by atoms with Crippen LogP contribution in [0.15, 0.2) is 16.3 Å². The Morgan fingerprint density at radius 3 is 2.64 bits per heavy atom. The van der Waals surface area contributed by atoms with Gasteiger partial charge in [0, 0.05) is 11.4 Å². The van der Waals surface area contributed by atoms with Crippen molar-refractivity contribution in [2.75, 3.05) is 6.54 Å². The molecule has 0 spiro atoms. The summed E-state index contributed by atoms with van der Waals surface area (Å²) in [5.41, 5.74) is 0. The van der Waals surface area contributed by atoms with Crippen molar-refractivity contribution >= 4 is 21.4 Å². The molecule has 80 valence electrons. The van der Waals surface area contributed by atoms with Gasteiger partial charge < -0.3 is 5.11 Å². The van der Waals surface area contributed by atoms with Gasteiger partial charge in [-0.3, -0.25) is 0 Å². The Morgan fingerprint density at radius 2 is 2.21 bits per heavy atom. The average Bonchev–Trinajstić information content (AvgIpc) is 2.49. The predicted octanol–water partition coefficient (Wildman–Crippen LogP) is 0.716. The SMILES string of the molecule is Cc1ccc(S(=O)(=O)NC[C@H](C)O)s1. The van der Waals surface area contributed by atoms with Crippen LogP contribution in [0.1, 0.15) is 11.8 Å². The second-order valence-corrected chi connectivity index (χ2v) is 6.35. The lowest BCUT2D eigenvalue weighted by molar-refractivity contribution is 0.198. The fourth-order valence-corrected chi connectivity index (χ4v) is 3.31. The Bertz CT molecular complexity index is 394. The lowest BCUT2D eigenvalue weighted by Crippen LogP contribution is -2.30. The van der Waals surface area contributed by atoms with Crippen LogP contribution in [-0.4, -0.2) is 26.2 Å². The Morgan fingerprint density at radius 1 is 1.57 bits per heavy atom. The molecule has 0 radical (unpaired) electrons. The highest BCUT2D eigenvalue weighted by atomic mass is 32.2. The number of nitrogens with one attached hydrogen (secondary N) is 1. The van der Waals surface area contributed by atoms with E-state index in [0.717, 1.165) is 4.88 Å². The summed E-state index contributed by atoms with van der Waals surface area (Å²) in [4.78, 5) is 0.947. The highest BCUT2D eigenvalue weighted by Gasteiger charge is 2.15. The van der Waals surface area contributed by atoms with E-state index in [0.29, 0.717) is 0 Å². The van der Waals surface area contributed by atoms with E-state index in [4.69, 9.17) is 5.11 Å². The van der Waals surface area contributed by atoms with Gasteiger partial charge in [0.2, 0.25) is 10.0 Å². The Labute approximate surface area is 87.6 Å². The van der Waals surface area contributed by atoms with Crippen molar-refractivity contribution in [2.24, 2.45) is 0 Å². The van der Waals surface area contributed by atoms with Gasteiger partial charge in [-0.15, -0.1) is 11.3 Å². The molecule has 0 amide bonds. The van der Waals surface area contributed by atoms with Gasteiger partial charge in [0.25, 0.3) is 0 Å². The third-order valence-electron chi connectivity index (χ3n) is 1.55. The lowest BCUT2D eigenvalue weighted by atomic mass is 10.4. The minimum atomic E-state index is -3.43. The Hall–Kier alpha value is -0.430. The number of aryl methyl sites for hydroxylation is 1. The largest absolute Gasteiger partial charge is 0.392 e. The van der Waals surface area contributed by atoms with E-state index in [-0.39, 0.29) is 10.8 Å². The van der Waals surface area contributed by atoms with E-state index in [2.05, 4.69) is 4.72 Å². The van der Waals surface area contributed by atoms with Crippen LogP contribution in [0.25, 0.3) is 0 Å². The second-order valence-electron chi connectivity index (χ2n) is 3.07. The topological polar surface area (TPSA) is 66.4 Å². The molecule has 6 heteroatoms. The zero-order chi connectivity index (χ0) is 10.8. The van der Waals surface area contributed by atoms with Crippen molar-refractivity contribution in [3.05, 3.63) is 17.0 Å². The minimum Gasteiger partial charge on any atom is -0.392 e. The maximum absolute atomic E-state index is 11.5. The summed E-state index contributed by atoms with van der Waals surface area (Å²) in [7, 11) is -3.43. The number of rotatable bonds is 4. The number of aliphatic hydroxyl groups excluding tert-OH is 1. The van der Waals surface area contributed by atoms with Gasteiger partial charge in [-0.2, -0.15) is 0 Å². The van der Waals surface area contributed by atoms with Crippen molar-refractivity contribution < 1.29 is 13.5 Å². The van der Waals surface area contributed by atoms with Gasteiger partial charge in [-0.25, -0.2) is 13.1 Å². The number of aliphatic hydroxyl groups is 1. The van der Waals surface area contributed by atoms with Gasteiger partial charge in [-0.05, 0) is 26.0 Å². The first-order valence-corrected chi connectivity index (χ1v) is 6.46. The molecule has 0 unspecified atom stereocenters. The zero-order valence-electron chi connectivity index (χ0n) is 8.02. The maximum atomic E-state index is 11.5. The standard InChI is InChI=1S/C8H13NO3S2/c1-6(10)5-9-14(11,12)8-4-3-7(2)13-8/h3-4,6,9-10H,5H2,1-2H3/t6-/m0/s1. The van der Waals surface area contributed by atoms with E-state index in [1.54, 1.807) is 12.1 Å². The Kier molecular flexibility index (Phi) is 3.65. The molecule has 1 heterocycles. The molecular weight excluding hydrogens is 222 g/mol. The molecule has 1 aromatic heterocycles. The van der Waals surface area contributed by atoms with Crippen LogP contribution in [0.3, 0.4) is 0 Å². The molecule has 0 saturated heterocycles. The van der Waals surface area contributed by atoms with Crippen LogP contribution in [0, 0.1) is 6.92 Å². The normalized spacial score (nSPS) is 14.2. The van der Waals surface area contributed by atoms with E-state index in [9.17, 15) is 8.42 Å². The highest BCUT2D eigenvalue weighted by molar-refractivity contribution is 7.91. The molecule has 0 fully saturated rings. The van der Waals surface area contributed by atoms with Crippen LogP contribution in [0.4, 0.5) is 0 Å². The average molecular weight is 235 g/mol. The zero-order valence-corrected chi connectivity index (χ0v) is 9.65. The smallest absolute Gasteiger partial charge is 0.250 e. The van der Waals surface area contributed by atoms with Crippen molar-refractivity contribution in [3.8, 4) is 0 Å². The molecule has 1 rings (SSSR count). The van der Waals surface area contributed by atoms with Gasteiger partial charge in [0.05, 0.1) is 6.10 Å².